The lowest BCUT2D eigenvalue weighted by molar-refractivity contribution is -0.119. The minimum atomic E-state index is -0.277. The molecule has 2 aromatic carbocycles. The molecule has 0 N–H and O–H groups in total. The molecule has 26 heavy (non-hydrogen) atoms. The van der Waals surface area contributed by atoms with Gasteiger partial charge in [-0.15, -0.1) is 11.8 Å². The summed E-state index contributed by atoms with van der Waals surface area (Å²) in [6, 6.07) is 14.8. The molecule has 4 nitrogen and oxygen atoms in total. The number of carbonyl (C=O) groups excluding carboxylic acids is 2. The van der Waals surface area contributed by atoms with Crippen molar-refractivity contribution >= 4 is 34.8 Å². The molecule has 3 rings (SSSR count). The average molecular weight is 367 g/mol. The van der Waals surface area contributed by atoms with Gasteiger partial charge in [-0.1, -0.05) is 31.2 Å². The Morgan fingerprint density at radius 2 is 1.73 bits per heavy atom. The van der Waals surface area contributed by atoms with Crippen LogP contribution in [0.5, 0.6) is 5.75 Å². The second-order valence-corrected chi connectivity index (χ2v) is 7.15. The van der Waals surface area contributed by atoms with Crippen LogP contribution < -0.4 is 9.64 Å². The average Bonchev–Trinajstić information content (AvgIpc) is 2.87. The Balaban J connectivity index is 2.03. The smallest absolute Gasteiger partial charge is 0.272 e. The molecule has 0 fully saturated rings. The molecule has 2 amide bonds. The Hall–Kier alpha value is -2.53. The number of thioether (sulfide) groups is 1. The van der Waals surface area contributed by atoms with E-state index in [-0.39, 0.29) is 11.8 Å². The third-order valence-electron chi connectivity index (χ3n) is 4.04. The second-order valence-electron chi connectivity index (χ2n) is 5.88. The lowest BCUT2D eigenvalue weighted by Crippen LogP contribution is -2.31. The van der Waals surface area contributed by atoms with E-state index in [4.69, 9.17) is 4.74 Å². The van der Waals surface area contributed by atoms with Crippen LogP contribution >= 0.6 is 11.8 Å². The zero-order valence-electron chi connectivity index (χ0n) is 15.1. The summed E-state index contributed by atoms with van der Waals surface area (Å²) in [5, 5.41) is 0. The van der Waals surface area contributed by atoms with Crippen LogP contribution in [0.3, 0.4) is 0 Å². The van der Waals surface area contributed by atoms with Crippen molar-refractivity contribution < 1.29 is 14.3 Å². The number of anilines is 1. The minimum Gasteiger partial charge on any atom is -0.494 e. The first-order valence-corrected chi connectivity index (χ1v) is 9.61. The number of aryl methyl sites for hydroxylation is 1. The fourth-order valence-electron chi connectivity index (χ4n) is 2.93. The van der Waals surface area contributed by atoms with Crippen molar-refractivity contribution in [2.75, 3.05) is 17.3 Å². The summed E-state index contributed by atoms with van der Waals surface area (Å²) >= 11 is 1.41. The van der Waals surface area contributed by atoms with Crippen LogP contribution in [0.15, 0.2) is 53.4 Å². The van der Waals surface area contributed by atoms with Gasteiger partial charge in [0.2, 0.25) is 0 Å². The van der Waals surface area contributed by atoms with Crippen molar-refractivity contribution in [3.63, 3.8) is 0 Å². The van der Waals surface area contributed by atoms with Gasteiger partial charge in [0, 0.05) is 0 Å². The van der Waals surface area contributed by atoms with Crippen LogP contribution in [-0.2, 0) is 9.59 Å². The number of imide groups is 1. The molecule has 0 bridgehead atoms. The fourth-order valence-corrected chi connectivity index (χ4v) is 3.78. The SMILES string of the molecule is CCOc1ccc(C2=C(SCC)C(=O)N(c3cccc(C)c3)C2=O)cc1. The second kappa shape index (κ2) is 7.79. The number of benzene rings is 2. The van der Waals surface area contributed by atoms with Crippen molar-refractivity contribution in [2.45, 2.75) is 20.8 Å². The standard InChI is InChI=1S/C21H21NO3S/c1-4-25-17-11-9-15(10-12-17)18-19(26-5-2)21(24)22(20(18)23)16-8-6-7-14(3)13-16/h6-13H,4-5H2,1-3H3. The highest BCUT2D eigenvalue weighted by molar-refractivity contribution is 8.04. The number of ether oxygens (including phenoxy) is 1. The van der Waals surface area contributed by atoms with E-state index < -0.39 is 0 Å². The molecule has 1 aliphatic heterocycles. The molecule has 0 atom stereocenters. The van der Waals surface area contributed by atoms with Crippen molar-refractivity contribution in [1.82, 2.24) is 0 Å². The number of carbonyl (C=O) groups is 2. The maximum Gasteiger partial charge on any atom is 0.272 e. The summed E-state index contributed by atoms with van der Waals surface area (Å²) < 4.78 is 5.47. The molecule has 0 unspecified atom stereocenters. The summed E-state index contributed by atoms with van der Waals surface area (Å²) in [7, 11) is 0. The summed E-state index contributed by atoms with van der Waals surface area (Å²) in [6.07, 6.45) is 0. The molecule has 0 spiro atoms. The Morgan fingerprint density at radius 3 is 2.35 bits per heavy atom. The largest absolute Gasteiger partial charge is 0.494 e. The lowest BCUT2D eigenvalue weighted by Gasteiger charge is -2.15. The molecule has 0 aliphatic carbocycles. The van der Waals surface area contributed by atoms with E-state index in [9.17, 15) is 9.59 Å². The summed E-state index contributed by atoms with van der Waals surface area (Å²) in [5.74, 6) is 0.933. The Labute approximate surface area is 157 Å². The van der Waals surface area contributed by atoms with E-state index in [1.54, 1.807) is 6.07 Å². The van der Waals surface area contributed by atoms with E-state index in [1.807, 2.05) is 63.2 Å². The van der Waals surface area contributed by atoms with Crippen LogP contribution in [0.1, 0.15) is 25.0 Å². The number of amides is 2. The van der Waals surface area contributed by atoms with E-state index in [0.29, 0.717) is 22.8 Å². The molecular weight excluding hydrogens is 346 g/mol. The molecule has 134 valence electrons. The minimum absolute atomic E-state index is 0.253. The van der Waals surface area contributed by atoms with Crippen LogP contribution in [0.25, 0.3) is 5.57 Å². The number of hydrogen-bond acceptors (Lipinski definition) is 4. The molecule has 0 saturated carbocycles. The van der Waals surface area contributed by atoms with Gasteiger partial charge in [-0.2, -0.15) is 0 Å². The normalized spacial score (nSPS) is 14.3. The molecule has 0 radical (unpaired) electrons. The maximum atomic E-state index is 13.1. The Kier molecular flexibility index (Phi) is 5.47. The third-order valence-corrected chi connectivity index (χ3v) is 5.00. The van der Waals surface area contributed by atoms with Crippen molar-refractivity contribution in [1.29, 1.82) is 0 Å². The van der Waals surface area contributed by atoms with Crippen molar-refractivity contribution in [3.8, 4) is 5.75 Å². The topological polar surface area (TPSA) is 46.6 Å². The highest BCUT2D eigenvalue weighted by Crippen LogP contribution is 2.38. The zero-order valence-corrected chi connectivity index (χ0v) is 15.9. The molecular formula is C21H21NO3S. The predicted molar refractivity (Wildman–Crippen MR) is 106 cm³/mol. The van der Waals surface area contributed by atoms with Crippen LogP contribution in [0.2, 0.25) is 0 Å². The van der Waals surface area contributed by atoms with Gasteiger partial charge in [-0.05, 0) is 55.0 Å². The number of hydrogen-bond donors (Lipinski definition) is 0. The van der Waals surface area contributed by atoms with Gasteiger partial charge >= 0.3 is 0 Å². The van der Waals surface area contributed by atoms with Crippen LogP contribution in [-0.4, -0.2) is 24.2 Å². The third kappa shape index (κ3) is 3.40. The number of rotatable bonds is 6. The molecule has 5 heteroatoms. The first-order chi connectivity index (χ1) is 12.6. The fraction of sp³-hybridized carbons (Fsp3) is 0.238. The predicted octanol–water partition coefficient (Wildman–Crippen LogP) is 4.43. The highest BCUT2D eigenvalue weighted by atomic mass is 32.2. The van der Waals surface area contributed by atoms with Crippen molar-refractivity contribution in [3.05, 3.63) is 64.6 Å². The van der Waals surface area contributed by atoms with Gasteiger partial charge in [-0.25, -0.2) is 4.90 Å². The van der Waals surface area contributed by atoms with Crippen LogP contribution in [0, 0.1) is 6.92 Å². The first kappa shape index (κ1) is 18.3. The molecule has 2 aromatic rings. The summed E-state index contributed by atoms with van der Waals surface area (Å²) in [4.78, 5) is 27.9. The van der Waals surface area contributed by atoms with E-state index >= 15 is 0 Å². The number of nitrogens with zero attached hydrogens (tertiary/aromatic N) is 1. The highest BCUT2D eigenvalue weighted by Gasteiger charge is 2.39. The van der Waals surface area contributed by atoms with Gasteiger partial charge in [0.1, 0.15) is 5.75 Å². The van der Waals surface area contributed by atoms with Gasteiger partial charge < -0.3 is 4.74 Å². The molecule has 0 saturated heterocycles. The summed E-state index contributed by atoms with van der Waals surface area (Å²) in [6.45, 7) is 6.42. The maximum absolute atomic E-state index is 13.1. The Bertz CT molecular complexity index is 871. The Morgan fingerprint density at radius 1 is 1.00 bits per heavy atom. The molecule has 0 aromatic heterocycles. The van der Waals surface area contributed by atoms with Crippen LogP contribution in [0.4, 0.5) is 5.69 Å². The van der Waals surface area contributed by atoms with Gasteiger partial charge in [0.05, 0.1) is 22.8 Å². The monoisotopic (exact) mass is 367 g/mol. The van der Waals surface area contributed by atoms with E-state index in [0.717, 1.165) is 22.6 Å². The molecule has 1 aliphatic rings. The summed E-state index contributed by atoms with van der Waals surface area (Å²) in [5.41, 5.74) is 2.81. The van der Waals surface area contributed by atoms with Gasteiger partial charge in [0.15, 0.2) is 0 Å². The zero-order chi connectivity index (χ0) is 18.7. The lowest BCUT2D eigenvalue weighted by atomic mass is 10.1. The van der Waals surface area contributed by atoms with Gasteiger partial charge in [0.25, 0.3) is 11.8 Å². The van der Waals surface area contributed by atoms with E-state index in [1.165, 1.54) is 16.7 Å². The van der Waals surface area contributed by atoms with Crippen molar-refractivity contribution in [2.24, 2.45) is 0 Å². The van der Waals surface area contributed by atoms with E-state index in [2.05, 4.69) is 0 Å². The first-order valence-electron chi connectivity index (χ1n) is 8.62. The van der Waals surface area contributed by atoms with Gasteiger partial charge in [-0.3, -0.25) is 9.59 Å². The quantitative estimate of drug-likeness (QED) is 0.709. The molecule has 1 heterocycles.